The molecule has 0 radical (unpaired) electrons. The lowest BCUT2D eigenvalue weighted by Crippen LogP contribution is -2.53. The van der Waals surface area contributed by atoms with Crippen molar-refractivity contribution in [3.05, 3.63) is 24.3 Å². The molecular weight excluding hydrogens is 392 g/mol. The Morgan fingerprint density at radius 2 is 2.07 bits per heavy atom. The Morgan fingerprint density at radius 3 is 2.70 bits per heavy atom. The van der Waals surface area contributed by atoms with Crippen LogP contribution in [0.3, 0.4) is 0 Å². The van der Waals surface area contributed by atoms with Gasteiger partial charge in [0.1, 0.15) is 17.4 Å². The molecule has 0 saturated carbocycles. The zero-order valence-corrected chi connectivity index (χ0v) is 17.0. The van der Waals surface area contributed by atoms with E-state index in [2.05, 4.69) is 5.32 Å². The van der Waals surface area contributed by atoms with E-state index in [1.54, 1.807) is 38.3 Å². The molecule has 3 saturated heterocycles. The van der Waals surface area contributed by atoms with Gasteiger partial charge in [0, 0.05) is 12.2 Å². The van der Waals surface area contributed by atoms with E-state index in [9.17, 15) is 19.5 Å². The van der Waals surface area contributed by atoms with Gasteiger partial charge in [-0.25, -0.2) is 0 Å². The average molecular weight is 418 g/mol. The summed E-state index contributed by atoms with van der Waals surface area (Å²) >= 11 is 0. The van der Waals surface area contributed by atoms with Crippen molar-refractivity contribution < 1.29 is 33.7 Å². The topological polar surface area (TPSA) is 114 Å². The third-order valence-electron chi connectivity index (χ3n) is 6.31. The lowest BCUT2D eigenvalue weighted by Gasteiger charge is -2.33. The number of aliphatic hydroxyl groups excluding tert-OH is 1. The van der Waals surface area contributed by atoms with Gasteiger partial charge in [0.15, 0.2) is 0 Å². The third-order valence-corrected chi connectivity index (χ3v) is 6.31. The number of rotatable bonds is 7. The molecule has 0 aliphatic carbocycles. The van der Waals surface area contributed by atoms with Crippen molar-refractivity contribution in [1.82, 2.24) is 4.90 Å². The van der Waals surface area contributed by atoms with Crippen LogP contribution in [-0.2, 0) is 23.9 Å². The number of fused-ring (bicyclic) bond motifs is 1. The fraction of sp³-hybridized carbons (Fsp3) is 0.571. The molecule has 3 fully saturated rings. The Bertz CT molecular complexity index is 842. The zero-order valence-electron chi connectivity index (χ0n) is 17.0. The molecule has 9 heteroatoms. The number of likely N-dealkylation sites (tertiary alicyclic amines) is 1. The number of amides is 2. The van der Waals surface area contributed by atoms with Crippen LogP contribution < -0.4 is 10.1 Å². The first kappa shape index (κ1) is 20.6. The molecule has 2 amide bonds. The molecule has 1 aromatic rings. The van der Waals surface area contributed by atoms with Crippen molar-refractivity contribution in [2.24, 2.45) is 11.8 Å². The highest BCUT2D eigenvalue weighted by atomic mass is 16.6. The summed E-state index contributed by atoms with van der Waals surface area (Å²) in [6.45, 7) is 1.61. The summed E-state index contributed by atoms with van der Waals surface area (Å²) in [6, 6.07) is 5.90. The summed E-state index contributed by atoms with van der Waals surface area (Å²) in [7, 11) is 1.55. The quantitative estimate of drug-likeness (QED) is 0.622. The van der Waals surface area contributed by atoms with Gasteiger partial charge in [-0.05, 0) is 44.0 Å². The van der Waals surface area contributed by atoms with Crippen LogP contribution in [0.25, 0.3) is 0 Å². The second-order valence-corrected chi connectivity index (χ2v) is 7.78. The Morgan fingerprint density at radius 1 is 1.33 bits per heavy atom. The van der Waals surface area contributed by atoms with Gasteiger partial charge < -0.3 is 29.5 Å². The second-order valence-electron chi connectivity index (χ2n) is 7.78. The summed E-state index contributed by atoms with van der Waals surface area (Å²) in [5, 5.41) is 12.3. The molecule has 9 nitrogen and oxygen atoms in total. The van der Waals surface area contributed by atoms with Gasteiger partial charge in [-0.2, -0.15) is 0 Å². The van der Waals surface area contributed by atoms with Crippen LogP contribution >= 0.6 is 0 Å². The first-order valence-corrected chi connectivity index (χ1v) is 10.2. The van der Waals surface area contributed by atoms with E-state index in [1.165, 1.54) is 4.90 Å². The molecule has 30 heavy (non-hydrogen) atoms. The normalized spacial score (nSPS) is 31.6. The van der Waals surface area contributed by atoms with Gasteiger partial charge >= 0.3 is 5.97 Å². The third kappa shape index (κ3) is 3.04. The van der Waals surface area contributed by atoms with Crippen LogP contribution in [0.2, 0.25) is 0 Å². The van der Waals surface area contributed by atoms with Gasteiger partial charge in [-0.1, -0.05) is 0 Å². The molecule has 1 aromatic carbocycles. The Kier molecular flexibility index (Phi) is 5.42. The number of anilines is 1. The number of benzene rings is 1. The molecule has 3 aliphatic heterocycles. The summed E-state index contributed by atoms with van der Waals surface area (Å²) in [5.74, 6) is -2.09. The first-order chi connectivity index (χ1) is 14.5. The number of hydrogen-bond donors (Lipinski definition) is 2. The minimum Gasteiger partial charge on any atom is -0.497 e. The van der Waals surface area contributed by atoms with Crippen molar-refractivity contribution in [2.45, 2.75) is 37.5 Å². The van der Waals surface area contributed by atoms with Crippen molar-refractivity contribution >= 4 is 23.5 Å². The fourth-order valence-corrected chi connectivity index (χ4v) is 5.19. The molecule has 5 atom stereocenters. The minimum absolute atomic E-state index is 0.0125. The number of hydrogen-bond acceptors (Lipinski definition) is 7. The molecule has 0 unspecified atom stereocenters. The Labute approximate surface area is 174 Å². The maximum Gasteiger partial charge on any atom is 0.312 e. The first-order valence-electron chi connectivity index (χ1n) is 10.2. The van der Waals surface area contributed by atoms with Crippen LogP contribution in [0, 0.1) is 11.8 Å². The van der Waals surface area contributed by atoms with E-state index in [4.69, 9.17) is 14.2 Å². The summed E-state index contributed by atoms with van der Waals surface area (Å²) in [6.07, 6.45) is 0.629. The van der Waals surface area contributed by atoms with Gasteiger partial charge in [0.25, 0.3) is 0 Å². The molecular formula is C21H26N2O7. The van der Waals surface area contributed by atoms with E-state index in [0.29, 0.717) is 24.3 Å². The molecule has 2 bridgehead atoms. The van der Waals surface area contributed by atoms with E-state index in [1.807, 2.05) is 0 Å². The van der Waals surface area contributed by atoms with Gasteiger partial charge in [-0.15, -0.1) is 0 Å². The number of β-amino-alcohol motifs (C(OH)–C–C–N with tert-alkyl or cyclic N) is 1. The van der Waals surface area contributed by atoms with Gasteiger partial charge in [0.2, 0.25) is 11.8 Å². The summed E-state index contributed by atoms with van der Waals surface area (Å²) in [5.41, 5.74) is -0.545. The van der Waals surface area contributed by atoms with Crippen LogP contribution in [0.1, 0.15) is 19.8 Å². The van der Waals surface area contributed by atoms with Gasteiger partial charge in [0.05, 0.1) is 38.3 Å². The van der Waals surface area contributed by atoms with Crippen LogP contribution in [-0.4, -0.2) is 72.4 Å². The van der Waals surface area contributed by atoms with E-state index < -0.39 is 41.5 Å². The minimum atomic E-state index is -1.09. The maximum absolute atomic E-state index is 13.3. The SMILES string of the molecule is CCOC(=O)[C@@H]1[C@@H]2CC[C@]3(O2)[C@H](C(=O)Nc2ccc(OC)cc2)N(CCO)C(=O)[C@@H]13. The number of esters is 1. The molecule has 3 aliphatic rings. The van der Waals surface area contributed by atoms with E-state index >= 15 is 0 Å². The van der Waals surface area contributed by atoms with E-state index in [-0.39, 0.29) is 25.7 Å². The molecule has 1 spiro atoms. The summed E-state index contributed by atoms with van der Waals surface area (Å²) < 4.78 is 16.5. The number of ether oxygens (including phenoxy) is 3. The standard InChI is InChI=1S/C21H26N2O7/c1-3-29-20(27)15-14-8-9-21(30-14)16(15)19(26)23(10-11-24)17(21)18(25)22-12-4-6-13(28-2)7-5-12/h4-7,14-17,24H,3,8-11H2,1-2H3,(H,22,25)/t14-,15+,16+,17-,21+/m0/s1. The van der Waals surface area contributed by atoms with Crippen molar-refractivity contribution in [2.75, 3.05) is 32.2 Å². The largest absolute Gasteiger partial charge is 0.497 e. The number of carbonyl (C=O) groups is 3. The number of aliphatic hydroxyl groups is 1. The van der Waals surface area contributed by atoms with Crippen molar-refractivity contribution in [3.63, 3.8) is 0 Å². The monoisotopic (exact) mass is 418 g/mol. The number of nitrogens with zero attached hydrogens (tertiary/aromatic N) is 1. The molecule has 162 valence electrons. The molecule has 0 aromatic heterocycles. The smallest absolute Gasteiger partial charge is 0.312 e. The molecule has 2 N–H and O–H groups in total. The van der Waals surface area contributed by atoms with E-state index in [0.717, 1.165) is 0 Å². The highest BCUT2D eigenvalue weighted by Gasteiger charge is 2.74. The number of nitrogens with one attached hydrogen (secondary N) is 1. The zero-order chi connectivity index (χ0) is 21.5. The lowest BCUT2D eigenvalue weighted by molar-refractivity contribution is -0.154. The number of methoxy groups -OCH3 is 1. The molecule has 4 rings (SSSR count). The Balaban J connectivity index is 1.64. The van der Waals surface area contributed by atoms with Crippen LogP contribution in [0.4, 0.5) is 5.69 Å². The fourth-order valence-electron chi connectivity index (χ4n) is 5.19. The van der Waals surface area contributed by atoms with Gasteiger partial charge in [-0.3, -0.25) is 14.4 Å². The van der Waals surface area contributed by atoms with Crippen LogP contribution in [0.15, 0.2) is 24.3 Å². The van der Waals surface area contributed by atoms with Crippen LogP contribution in [0.5, 0.6) is 5.75 Å². The maximum atomic E-state index is 13.3. The summed E-state index contributed by atoms with van der Waals surface area (Å²) in [4.78, 5) is 40.5. The predicted octanol–water partition coefficient (Wildman–Crippen LogP) is 0.564. The average Bonchev–Trinajstić information content (AvgIpc) is 3.37. The number of carbonyl (C=O) groups excluding carboxylic acids is 3. The Hall–Kier alpha value is -2.65. The van der Waals surface area contributed by atoms with Crippen molar-refractivity contribution in [1.29, 1.82) is 0 Å². The van der Waals surface area contributed by atoms with Crippen molar-refractivity contribution in [3.8, 4) is 5.75 Å². The molecule has 3 heterocycles. The highest BCUT2D eigenvalue weighted by molar-refractivity contribution is 6.03. The highest BCUT2D eigenvalue weighted by Crippen LogP contribution is 2.58. The lowest BCUT2D eigenvalue weighted by atomic mass is 9.71. The predicted molar refractivity (Wildman–Crippen MR) is 105 cm³/mol. The second kappa shape index (κ2) is 7.88.